The summed E-state index contributed by atoms with van der Waals surface area (Å²) in [5.41, 5.74) is 1.57. The predicted molar refractivity (Wildman–Crippen MR) is 72.3 cm³/mol. The van der Waals surface area contributed by atoms with Crippen molar-refractivity contribution in [3.63, 3.8) is 0 Å². The van der Waals surface area contributed by atoms with Gasteiger partial charge in [-0.1, -0.05) is 0 Å². The monoisotopic (exact) mass is 277 g/mol. The molecular weight excluding hydrogens is 266 g/mol. The maximum atomic E-state index is 10.8. The first-order valence-electron chi connectivity index (χ1n) is 6.17. The molecule has 1 aliphatic carbocycles. The Bertz CT molecular complexity index is 643. The first-order valence-corrected chi connectivity index (χ1v) is 6.61. The van der Waals surface area contributed by atoms with Gasteiger partial charge in [0.15, 0.2) is 0 Å². The summed E-state index contributed by atoms with van der Waals surface area (Å²) in [6.07, 6.45) is 4.45. The lowest BCUT2D eigenvalue weighted by atomic mass is 10.1. The van der Waals surface area contributed by atoms with Gasteiger partial charge in [-0.25, -0.2) is 9.97 Å². The van der Waals surface area contributed by atoms with E-state index in [-0.39, 0.29) is 11.1 Å². The fraction of sp³-hybridized carbons (Fsp3) is 0.385. The van der Waals surface area contributed by atoms with Gasteiger partial charge in [-0.2, -0.15) is 0 Å². The van der Waals surface area contributed by atoms with Crippen molar-refractivity contribution in [3.8, 4) is 0 Å². The van der Waals surface area contributed by atoms with Crippen LogP contribution in [-0.2, 0) is 6.42 Å². The third kappa shape index (κ3) is 2.51. The van der Waals surface area contributed by atoms with Crippen LogP contribution in [0, 0.1) is 16.0 Å². The summed E-state index contributed by atoms with van der Waals surface area (Å²) in [6, 6.07) is 4.64. The summed E-state index contributed by atoms with van der Waals surface area (Å²) in [5.74, 6) is 0.561. The molecule has 0 amide bonds. The maximum Gasteiger partial charge on any atom is 0.270 e. The van der Waals surface area contributed by atoms with Gasteiger partial charge in [-0.3, -0.25) is 10.1 Å². The number of nitro benzene ring substituents is 1. The zero-order chi connectivity index (χ0) is 13.4. The molecule has 0 N–H and O–H groups in total. The van der Waals surface area contributed by atoms with Gasteiger partial charge < -0.3 is 0 Å². The number of halogens is 1. The van der Waals surface area contributed by atoms with Crippen LogP contribution in [0.2, 0.25) is 0 Å². The molecule has 19 heavy (non-hydrogen) atoms. The average Bonchev–Trinajstić information content (AvgIpc) is 3.22. The third-order valence-corrected chi connectivity index (χ3v) is 3.94. The van der Waals surface area contributed by atoms with Crippen LogP contribution in [0.3, 0.4) is 0 Å². The van der Waals surface area contributed by atoms with Crippen LogP contribution >= 0.6 is 11.6 Å². The molecule has 1 aliphatic rings. The Hall–Kier alpha value is -1.75. The van der Waals surface area contributed by atoms with Crippen molar-refractivity contribution in [2.24, 2.45) is 5.92 Å². The van der Waals surface area contributed by atoms with Crippen LogP contribution in [-0.4, -0.2) is 20.3 Å². The van der Waals surface area contributed by atoms with E-state index in [0.29, 0.717) is 12.3 Å². The van der Waals surface area contributed by atoms with Crippen LogP contribution in [0.4, 0.5) is 5.69 Å². The van der Waals surface area contributed by atoms with E-state index in [1.807, 2.05) is 0 Å². The van der Waals surface area contributed by atoms with Crippen LogP contribution in [0.25, 0.3) is 10.9 Å². The number of benzene rings is 1. The van der Waals surface area contributed by atoms with Crippen LogP contribution < -0.4 is 0 Å². The van der Waals surface area contributed by atoms with Crippen LogP contribution in [0.1, 0.15) is 18.5 Å². The van der Waals surface area contributed by atoms with E-state index >= 15 is 0 Å². The van der Waals surface area contributed by atoms with Gasteiger partial charge >= 0.3 is 0 Å². The predicted octanol–water partition coefficient (Wildman–Crippen LogP) is 3.10. The van der Waals surface area contributed by atoms with E-state index < -0.39 is 4.92 Å². The lowest BCUT2D eigenvalue weighted by Gasteiger charge is -2.09. The number of hydrogen-bond donors (Lipinski definition) is 0. The number of aromatic nitrogens is 2. The lowest BCUT2D eigenvalue weighted by molar-refractivity contribution is -0.384. The van der Waals surface area contributed by atoms with Gasteiger partial charge in [0.1, 0.15) is 6.33 Å². The normalized spacial score (nSPS) is 16.5. The summed E-state index contributed by atoms with van der Waals surface area (Å²) in [5, 5.41) is 11.6. The van der Waals surface area contributed by atoms with E-state index in [1.54, 1.807) is 6.07 Å². The Morgan fingerprint density at radius 1 is 1.42 bits per heavy atom. The molecule has 6 heteroatoms. The zero-order valence-electron chi connectivity index (χ0n) is 10.1. The Morgan fingerprint density at radius 2 is 2.21 bits per heavy atom. The van der Waals surface area contributed by atoms with Crippen LogP contribution in [0.15, 0.2) is 24.5 Å². The van der Waals surface area contributed by atoms with Crippen LogP contribution in [0.5, 0.6) is 0 Å². The summed E-state index contributed by atoms with van der Waals surface area (Å²) in [6.45, 7) is 0. The summed E-state index contributed by atoms with van der Waals surface area (Å²) < 4.78 is 0. The van der Waals surface area contributed by atoms with E-state index in [9.17, 15) is 10.1 Å². The Kier molecular flexibility index (Phi) is 3.06. The standard InChI is InChI=1S/C13H12ClN3O2/c14-11(8-1-2-8)6-13-10-5-9(17(18)19)3-4-12(10)15-7-16-13/h3-5,7-8,11H,1-2,6H2. The Balaban J connectivity index is 2.01. The minimum absolute atomic E-state index is 0.0531. The van der Waals surface area contributed by atoms with Gasteiger partial charge in [0.25, 0.3) is 5.69 Å². The number of nitro groups is 1. The molecule has 1 saturated carbocycles. The summed E-state index contributed by atoms with van der Waals surface area (Å²) >= 11 is 6.32. The highest BCUT2D eigenvalue weighted by Gasteiger charge is 2.30. The highest BCUT2D eigenvalue weighted by molar-refractivity contribution is 6.21. The molecule has 0 aliphatic heterocycles. The molecule has 1 unspecified atom stereocenters. The van der Waals surface area contributed by atoms with E-state index in [0.717, 1.165) is 29.4 Å². The van der Waals surface area contributed by atoms with E-state index in [4.69, 9.17) is 11.6 Å². The average molecular weight is 278 g/mol. The topological polar surface area (TPSA) is 68.9 Å². The number of nitrogens with zero attached hydrogens (tertiary/aromatic N) is 3. The van der Waals surface area contributed by atoms with Crippen molar-refractivity contribution < 1.29 is 4.92 Å². The fourth-order valence-electron chi connectivity index (χ4n) is 2.18. The summed E-state index contributed by atoms with van der Waals surface area (Å²) in [4.78, 5) is 18.8. The van der Waals surface area contributed by atoms with Gasteiger partial charge in [0.05, 0.1) is 16.1 Å². The van der Waals surface area contributed by atoms with Gasteiger partial charge in [0.2, 0.25) is 0 Å². The van der Waals surface area contributed by atoms with Gasteiger partial charge in [0, 0.05) is 29.3 Å². The molecule has 0 radical (unpaired) electrons. The second-order valence-corrected chi connectivity index (χ2v) is 5.40. The second kappa shape index (κ2) is 4.74. The first-order chi connectivity index (χ1) is 9.15. The molecule has 1 aromatic carbocycles. The number of fused-ring (bicyclic) bond motifs is 1. The van der Waals surface area contributed by atoms with Crippen molar-refractivity contribution in [2.45, 2.75) is 24.6 Å². The third-order valence-electron chi connectivity index (χ3n) is 3.43. The van der Waals surface area contributed by atoms with Gasteiger partial charge in [-0.15, -0.1) is 11.6 Å². The summed E-state index contributed by atoms with van der Waals surface area (Å²) in [7, 11) is 0. The lowest BCUT2D eigenvalue weighted by Crippen LogP contribution is -2.08. The number of hydrogen-bond acceptors (Lipinski definition) is 4. The molecule has 0 spiro atoms. The molecule has 5 nitrogen and oxygen atoms in total. The fourth-order valence-corrected chi connectivity index (χ4v) is 2.58. The highest BCUT2D eigenvalue weighted by Crippen LogP contribution is 2.37. The Labute approximate surface area is 114 Å². The van der Waals surface area contributed by atoms with Crippen molar-refractivity contribution in [1.29, 1.82) is 0 Å². The smallest absolute Gasteiger partial charge is 0.258 e. The molecule has 98 valence electrons. The number of non-ortho nitro benzene ring substituents is 1. The van der Waals surface area contributed by atoms with E-state index in [2.05, 4.69) is 9.97 Å². The molecule has 1 atom stereocenters. The first kappa shape index (κ1) is 12.3. The van der Waals surface area contributed by atoms with Crippen molar-refractivity contribution >= 4 is 28.2 Å². The second-order valence-electron chi connectivity index (χ2n) is 4.84. The molecule has 2 aromatic rings. The minimum atomic E-state index is -0.407. The molecular formula is C13H12ClN3O2. The zero-order valence-corrected chi connectivity index (χ0v) is 10.9. The SMILES string of the molecule is O=[N+]([O-])c1ccc2ncnc(CC(Cl)C3CC3)c2c1. The van der Waals surface area contributed by atoms with Crippen molar-refractivity contribution in [1.82, 2.24) is 9.97 Å². The van der Waals surface area contributed by atoms with E-state index in [1.165, 1.54) is 18.5 Å². The van der Waals surface area contributed by atoms with Gasteiger partial charge in [-0.05, 0) is 24.8 Å². The molecule has 1 fully saturated rings. The Morgan fingerprint density at radius 3 is 2.89 bits per heavy atom. The molecule has 0 bridgehead atoms. The number of alkyl halides is 1. The molecule has 3 rings (SSSR count). The molecule has 0 saturated heterocycles. The number of rotatable bonds is 4. The highest BCUT2D eigenvalue weighted by atomic mass is 35.5. The largest absolute Gasteiger partial charge is 0.270 e. The van der Waals surface area contributed by atoms with Crippen molar-refractivity contribution in [3.05, 3.63) is 40.3 Å². The quantitative estimate of drug-likeness (QED) is 0.489. The minimum Gasteiger partial charge on any atom is -0.258 e. The maximum absolute atomic E-state index is 10.8. The van der Waals surface area contributed by atoms with Crippen molar-refractivity contribution in [2.75, 3.05) is 0 Å². The molecule has 1 aromatic heterocycles. The molecule has 1 heterocycles.